The summed E-state index contributed by atoms with van der Waals surface area (Å²) in [7, 11) is -3.48. The van der Waals surface area contributed by atoms with Gasteiger partial charge in [0.2, 0.25) is 5.91 Å². The van der Waals surface area contributed by atoms with E-state index in [-0.39, 0.29) is 18.1 Å². The number of carbonyl (C=O) groups is 1. The third-order valence-corrected chi connectivity index (χ3v) is 6.27. The summed E-state index contributed by atoms with van der Waals surface area (Å²) in [4.78, 5) is 12.4. The van der Waals surface area contributed by atoms with Gasteiger partial charge in [-0.3, -0.25) is 4.79 Å². The summed E-state index contributed by atoms with van der Waals surface area (Å²) >= 11 is 0. The molecule has 1 aliphatic rings. The van der Waals surface area contributed by atoms with E-state index in [0.29, 0.717) is 29.5 Å². The molecule has 7 heteroatoms. The number of nitrogens with one attached hydrogen (secondary N) is 1. The number of nitrogens with two attached hydrogens (primary N) is 1. The first-order valence-corrected chi connectivity index (χ1v) is 10.7. The van der Waals surface area contributed by atoms with E-state index in [1.54, 1.807) is 36.4 Å². The fraction of sp³-hybridized carbons (Fsp3) is 0.350. The molecule has 6 nitrogen and oxygen atoms in total. The smallest absolute Gasteiger partial charge is 0.225 e. The van der Waals surface area contributed by atoms with Crippen LogP contribution in [-0.4, -0.2) is 33.2 Å². The number of carbonyl (C=O) groups excluding carboxylic acids is 1. The monoisotopic (exact) mass is 388 g/mol. The molecule has 1 aliphatic carbocycles. The van der Waals surface area contributed by atoms with Crippen molar-refractivity contribution in [3.63, 3.8) is 0 Å². The molecular formula is C20H24N2O4S. The van der Waals surface area contributed by atoms with Crippen molar-refractivity contribution in [1.29, 1.82) is 0 Å². The molecule has 2 aromatic carbocycles. The van der Waals surface area contributed by atoms with Crippen LogP contribution >= 0.6 is 0 Å². The molecule has 0 bridgehead atoms. The molecule has 2 aromatic rings. The molecule has 0 saturated heterocycles. The second kappa shape index (κ2) is 8.54. The van der Waals surface area contributed by atoms with E-state index in [0.717, 1.165) is 24.8 Å². The minimum Gasteiger partial charge on any atom is -0.492 e. The van der Waals surface area contributed by atoms with Crippen LogP contribution in [0.3, 0.4) is 0 Å². The zero-order valence-electron chi connectivity index (χ0n) is 15.1. The Kier molecular flexibility index (Phi) is 6.13. The third-order valence-electron chi connectivity index (χ3n) is 4.55. The van der Waals surface area contributed by atoms with E-state index in [1.165, 1.54) is 5.56 Å². The number of ether oxygens (including phenoxy) is 1. The fourth-order valence-corrected chi connectivity index (χ4v) is 4.41. The summed E-state index contributed by atoms with van der Waals surface area (Å²) in [6.07, 6.45) is 2.90. The van der Waals surface area contributed by atoms with Crippen LogP contribution in [-0.2, 0) is 27.5 Å². The van der Waals surface area contributed by atoms with Gasteiger partial charge in [0.25, 0.3) is 0 Å². The van der Waals surface area contributed by atoms with Crippen molar-refractivity contribution in [2.45, 2.75) is 30.6 Å². The first kappa shape index (κ1) is 19.4. The van der Waals surface area contributed by atoms with Crippen LogP contribution in [0, 0.1) is 0 Å². The zero-order valence-corrected chi connectivity index (χ0v) is 15.9. The average Bonchev–Trinajstić information content (AvgIpc) is 3.14. The predicted molar refractivity (Wildman–Crippen MR) is 105 cm³/mol. The average molecular weight is 388 g/mol. The molecule has 0 fully saturated rings. The van der Waals surface area contributed by atoms with Gasteiger partial charge < -0.3 is 15.8 Å². The van der Waals surface area contributed by atoms with Gasteiger partial charge >= 0.3 is 0 Å². The summed E-state index contributed by atoms with van der Waals surface area (Å²) in [5.74, 6) is 0.114. The van der Waals surface area contributed by atoms with Gasteiger partial charge in [0, 0.05) is 18.7 Å². The van der Waals surface area contributed by atoms with E-state index in [1.807, 2.05) is 6.07 Å². The van der Waals surface area contributed by atoms with Crippen molar-refractivity contribution in [3.05, 3.63) is 53.6 Å². The van der Waals surface area contributed by atoms with E-state index in [4.69, 9.17) is 10.5 Å². The molecular weight excluding hydrogens is 364 g/mol. The standard InChI is InChI=1S/C20H24N2O4S/c21-11-12-26-18-7-5-17(6-8-18)22-20(23)10-13-27(24,25)19-9-4-15-2-1-3-16(15)14-19/h4-9,14H,1-3,10-13,21H2,(H,22,23). The van der Waals surface area contributed by atoms with Crippen LogP contribution in [0.1, 0.15) is 24.0 Å². The molecule has 3 rings (SSSR count). The maximum Gasteiger partial charge on any atom is 0.225 e. The summed E-state index contributed by atoms with van der Waals surface area (Å²) in [5.41, 5.74) is 8.31. The fourth-order valence-electron chi connectivity index (χ4n) is 3.12. The van der Waals surface area contributed by atoms with Crippen molar-refractivity contribution >= 4 is 21.4 Å². The third kappa shape index (κ3) is 5.08. The molecule has 3 N–H and O–H groups in total. The lowest BCUT2D eigenvalue weighted by Gasteiger charge is -2.09. The highest BCUT2D eigenvalue weighted by Crippen LogP contribution is 2.25. The summed E-state index contributed by atoms with van der Waals surface area (Å²) < 4.78 is 30.4. The molecule has 0 spiro atoms. The maximum absolute atomic E-state index is 12.5. The van der Waals surface area contributed by atoms with Gasteiger partial charge in [-0.2, -0.15) is 0 Å². The minimum atomic E-state index is -3.48. The predicted octanol–water partition coefficient (Wildman–Crippen LogP) is 2.32. The number of benzene rings is 2. The second-order valence-corrected chi connectivity index (χ2v) is 8.67. The van der Waals surface area contributed by atoms with E-state index >= 15 is 0 Å². The molecule has 0 radical (unpaired) electrons. The van der Waals surface area contributed by atoms with Gasteiger partial charge in [-0.1, -0.05) is 6.07 Å². The maximum atomic E-state index is 12.5. The Hall–Kier alpha value is -2.38. The molecule has 27 heavy (non-hydrogen) atoms. The first-order chi connectivity index (χ1) is 13.0. The summed E-state index contributed by atoms with van der Waals surface area (Å²) in [5, 5.41) is 2.71. The number of sulfone groups is 1. The largest absolute Gasteiger partial charge is 0.492 e. The van der Waals surface area contributed by atoms with Gasteiger partial charge in [-0.25, -0.2) is 8.42 Å². The number of hydrogen-bond donors (Lipinski definition) is 2. The molecule has 0 aromatic heterocycles. The molecule has 0 aliphatic heterocycles. The summed E-state index contributed by atoms with van der Waals surface area (Å²) in [6, 6.07) is 12.2. The van der Waals surface area contributed by atoms with E-state index in [2.05, 4.69) is 5.32 Å². The Morgan fingerprint density at radius 2 is 1.81 bits per heavy atom. The Bertz CT molecular complexity index is 908. The number of fused-ring (bicyclic) bond motifs is 1. The van der Waals surface area contributed by atoms with Gasteiger partial charge in [-0.05, 0) is 66.8 Å². The number of rotatable bonds is 8. The van der Waals surface area contributed by atoms with Crippen LogP contribution in [0.25, 0.3) is 0 Å². The van der Waals surface area contributed by atoms with Gasteiger partial charge in [0.15, 0.2) is 9.84 Å². The number of amides is 1. The first-order valence-electron chi connectivity index (χ1n) is 9.05. The highest BCUT2D eigenvalue weighted by molar-refractivity contribution is 7.91. The Morgan fingerprint density at radius 1 is 1.07 bits per heavy atom. The lowest BCUT2D eigenvalue weighted by Crippen LogP contribution is -2.17. The van der Waals surface area contributed by atoms with Crippen molar-refractivity contribution in [2.24, 2.45) is 5.73 Å². The topological polar surface area (TPSA) is 98.5 Å². The van der Waals surface area contributed by atoms with Gasteiger partial charge in [0.05, 0.1) is 10.6 Å². The van der Waals surface area contributed by atoms with Crippen LogP contribution in [0.5, 0.6) is 5.75 Å². The highest BCUT2D eigenvalue weighted by Gasteiger charge is 2.19. The molecule has 0 unspecified atom stereocenters. The van der Waals surface area contributed by atoms with Gasteiger partial charge in [0.1, 0.15) is 12.4 Å². The number of hydrogen-bond acceptors (Lipinski definition) is 5. The van der Waals surface area contributed by atoms with Crippen molar-refractivity contribution in [1.82, 2.24) is 0 Å². The summed E-state index contributed by atoms with van der Waals surface area (Å²) in [6.45, 7) is 0.851. The van der Waals surface area contributed by atoms with Crippen LogP contribution < -0.4 is 15.8 Å². The molecule has 1 amide bonds. The minimum absolute atomic E-state index is 0.0924. The second-order valence-electron chi connectivity index (χ2n) is 6.56. The normalized spacial score (nSPS) is 13.2. The number of aryl methyl sites for hydroxylation is 2. The molecule has 0 heterocycles. The lowest BCUT2D eigenvalue weighted by molar-refractivity contribution is -0.115. The van der Waals surface area contributed by atoms with Gasteiger partial charge in [-0.15, -0.1) is 0 Å². The molecule has 0 saturated carbocycles. The molecule has 0 atom stereocenters. The van der Waals surface area contributed by atoms with Crippen molar-refractivity contribution in [3.8, 4) is 5.75 Å². The number of anilines is 1. The van der Waals surface area contributed by atoms with E-state index in [9.17, 15) is 13.2 Å². The van der Waals surface area contributed by atoms with Crippen molar-refractivity contribution < 1.29 is 17.9 Å². The Morgan fingerprint density at radius 3 is 2.56 bits per heavy atom. The Labute approximate surface area is 159 Å². The molecule has 144 valence electrons. The van der Waals surface area contributed by atoms with Crippen molar-refractivity contribution in [2.75, 3.05) is 24.2 Å². The lowest BCUT2D eigenvalue weighted by atomic mass is 10.1. The Balaban J connectivity index is 1.55. The van der Waals surface area contributed by atoms with Crippen LogP contribution in [0.15, 0.2) is 47.4 Å². The van der Waals surface area contributed by atoms with Crippen LogP contribution in [0.2, 0.25) is 0 Å². The quantitative estimate of drug-likeness (QED) is 0.723. The van der Waals surface area contributed by atoms with E-state index < -0.39 is 9.84 Å². The highest BCUT2D eigenvalue weighted by atomic mass is 32.2. The van der Waals surface area contributed by atoms with Crippen LogP contribution in [0.4, 0.5) is 5.69 Å². The SMILES string of the molecule is NCCOc1ccc(NC(=O)CCS(=O)(=O)c2ccc3c(c2)CCC3)cc1. The zero-order chi connectivity index (χ0) is 19.3.